The standard InChI is InChI=1S/C19H26N4/c1-20-19(21-18-13-17(18)15-7-3-2-4-8-15)23-12-9-16(14-23)22-10-5-6-11-22/h2-8,16-18H,9-14H2,1H3,(H,20,21). The summed E-state index contributed by atoms with van der Waals surface area (Å²) in [6.45, 7) is 4.44. The van der Waals surface area contributed by atoms with E-state index in [0.717, 1.165) is 32.1 Å². The van der Waals surface area contributed by atoms with E-state index in [2.05, 4.69) is 62.6 Å². The summed E-state index contributed by atoms with van der Waals surface area (Å²) in [5.41, 5.74) is 1.45. The molecular weight excluding hydrogens is 284 g/mol. The van der Waals surface area contributed by atoms with E-state index in [0.29, 0.717) is 18.0 Å². The molecule has 0 spiro atoms. The Morgan fingerprint density at radius 3 is 2.70 bits per heavy atom. The van der Waals surface area contributed by atoms with Crippen molar-refractivity contribution in [2.75, 3.05) is 33.2 Å². The van der Waals surface area contributed by atoms with Crippen LogP contribution in [0.4, 0.5) is 0 Å². The first kappa shape index (κ1) is 14.8. The number of nitrogens with one attached hydrogen (secondary N) is 1. The summed E-state index contributed by atoms with van der Waals surface area (Å²) in [4.78, 5) is 9.54. The third kappa shape index (κ3) is 3.13. The minimum absolute atomic E-state index is 0.545. The number of likely N-dealkylation sites (tertiary alicyclic amines) is 1. The minimum atomic E-state index is 0.545. The van der Waals surface area contributed by atoms with Crippen LogP contribution in [0.1, 0.15) is 24.3 Å². The topological polar surface area (TPSA) is 30.9 Å². The van der Waals surface area contributed by atoms with Crippen molar-refractivity contribution < 1.29 is 0 Å². The Bertz CT molecular complexity index is 587. The molecule has 4 nitrogen and oxygen atoms in total. The predicted octanol–water partition coefficient (Wildman–Crippen LogP) is 2.06. The smallest absolute Gasteiger partial charge is 0.193 e. The summed E-state index contributed by atoms with van der Waals surface area (Å²) < 4.78 is 0. The number of hydrogen-bond donors (Lipinski definition) is 1. The van der Waals surface area contributed by atoms with Crippen molar-refractivity contribution in [3.63, 3.8) is 0 Å². The van der Waals surface area contributed by atoms with Gasteiger partial charge in [0.25, 0.3) is 0 Å². The zero-order valence-electron chi connectivity index (χ0n) is 13.9. The first-order valence-electron chi connectivity index (χ1n) is 8.77. The highest BCUT2D eigenvalue weighted by Crippen LogP contribution is 2.40. The van der Waals surface area contributed by atoms with Crippen molar-refractivity contribution in [3.8, 4) is 0 Å². The lowest BCUT2D eigenvalue weighted by molar-refractivity contribution is 0.259. The Labute approximate surface area is 138 Å². The SMILES string of the molecule is CN=C(NC1CC1c1ccccc1)N1CCC(N2CC=CC2)C1. The Balaban J connectivity index is 1.32. The zero-order chi connectivity index (χ0) is 15.6. The van der Waals surface area contributed by atoms with Gasteiger partial charge in [-0.15, -0.1) is 0 Å². The number of benzene rings is 1. The lowest BCUT2D eigenvalue weighted by atomic mass is 10.1. The molecule has 23 heavy (non-hydrogen) atoms. The van der Waals surface area contributed by atoms with Gasteiger partial charge in [0.15, 0.2) is 5.96 Å². The fraction of sp³-hybridized carbons (Fsp3) is 0.526. The summed E-state index contributed by atoms with van der Waals surface area (Å²) in [5, 5.41) is 3.68. The molecule has 3 atom stereocenters. The lowest BCUT2D eigenvalue weighted by Crippen LogP contribution is -2.43. The average molecular weight is 310 g/mol. The monoisotopic (exact) mass is 310 g/mol. The molecule has 3 aliphatic rings. The van der Waals surface area contributed by atoms with E-state index >= 15 is 0 Å². The molecule has 0 bridgehead atoms. The number of rotatable bonds is 3. The highest BCUT2D eigenvalue weighted by molar-refractivity contribution is 5.81. The highest BCUT2D eigenvalue weighted by Gasteiger charge is 2.40. The van der Waals surface area contributed by atoms with E-state index in [1.807, 2.05) is 7.05 Å². The van der Waals surface area contributed by atoms with Crippen molar-refractivity contribution >= 4 is 5.96 Å². The van der Waals surface area contributed by atoms with Gasteiger partial charge in [0, 0.05) is 51.2 Å². The van der Waals surface area contributed by atoms with Gasteiger partial charge in [-0.05, 0) is 18.4 Å². The van der Waals surface area contributed by atoms with Gasteiger partial charge in [0.05, 0.1) is 0 Å². The second kappa shape index (κ2) is 6.36. The summed E-state index contributed by atoms with van der Waals surface area (Å²) in [7, 11) is 1.91. The van der Waals surface area contributed by atoms with E-state index in [4.69, 9.17) is 0 Å². The molecule has 4 rings (SSSR count). The second-order valence-corrected chi connectivity index (χ2v) is 6.86. The third-order valence-electron chi connectivity index (χ3n) is 5.37. The fourth-order valence-electron chi connectivity index (χ4n) is 3.91. The second-order valence-electron chi connectivity index (χ2n) is 6.86. The molecule has 4 heteroatoms. The molecule has 1 aliphatic carbocycles. The van der Waals surface area contributed by atoms with Crippen LogP contribution < -0.4 is 5.32 Å². The van der Waals surface area contributed by atoms with Gasteiger partial charge in [-0.2, -0.15) is 0 Å². The quantitative estimate of drug-likeness (QED) is 0.527. The Hall–Kier alpha value is -1.81. The van der Waals surface area contributed by atoms with Gasteiger partial charge in [-0.25, -0.2) is 0 Å². The predicted molar refractivity (Wildman–Crippen MR) is 94.8 cm³/mol. The molecule has 2 heterocycles. The van der Waals surface area contributed by atoms with Crippen LogP contribution in [-0.2, 0) is 0 Å². The third-order valence-corrected chi connectivity index (χ3v) is 5.37. The summed E-state index contributed by atoms with van der Waals surface area (Å²) >= 11 is 0. The number of guanidine groups is 1. The Kier molecular flexibility index (Phi) is 4.08. The number of nitrogens with zero attached hydrogens (tertiary/aromatic N) is 3. The van der Waals surface area contributed by atoms with Crippen molar-refractivity contribution in [2.24, 2.45) is 4.99 Å². The fourth-order valence-corrected chi connectivity index (χ4v) is 3.91. The lowest BCUT2D eigenvalue weighted by Gasteiger charge is -2.25. The Morgan fingerprint density at radius 1 is 1.17 bits per heavy atom. The van der Waals surface area contributed by atoms with Crippen LogP contribution in [0.2, 0.25) is 0 Å². The van der Waals surface area contributed by atoms with Crippen molar-refractivity contribution in [1.29, 1.82) is 0 Å². The van der Waals surface area contributed by atoms with Crippen molar-refractivity contribution in [3.05, 3.63) is 48.0 Å². The van der Waals surface area contributed by atoms with Crippen LogP contribution in [0.25, 0.3) is 0 Å². The molecule has 1 N–H and O–H groups in total. The van der Waals surface area contributed by atoms with E-state index in [-0.39, 0.29) is 0 Å². The van der Waals surface area contributed by atoms with Crippen LogP contribution >= 0.6 is 0 Å². The molecule has 122 valence electrons. The van der Waals surface area contributed by atoms with Crippen molar-refractivity contribution in [1.82, 2.24) is 15.1 Å². The van der Waals surface area contributed by atoms with Crippen LogP contribution in [0, 0.1) is 0 Å². The van der Waals surface area contributed by atoms with Crippen LogP contribution in [0.5, 0.6) is 0 Å². The first-order chi connectivity index (χ1) is 11.3. The average Bonchev–Trinajstić information content (AvgIpc) is 2.99. The molecule has 1 saturated heterocycles. The maximum atomic E-state index is 4.54. The van der Waals surface area contributed by atoms with Crippen LogP contribution in [0.3, 0.4) is 0 Å². The molecule has 1 saturated carbocycles. The normalized spacial score (nSPS) is 30.9. The largest absolute Gasteiger partial charge is 0.353 e. The molecule has 0 amide bonds. The van der Waals surface area contributed by atoms with Crippen LogP contribution in [-0.4, -0.2) is 61.1 Å². The van der Waals surface area contributed by atoms with Gasteiger partial charge in [0.2, 0.25) is 0 Å². The molecule has 0 radical (unpaired) electrons. The molecular formula is C19H26N4. The van der Waals surface area contributed by atoms with E-state index in [1.54, 1.807) is 0 Å². The molecule has 1 aromatic rings. The van der Waals surface area contributed by atoms with Gasteiger partial charge < -0.3 is 10.2 Å². The molecule has 2 aliphatic heterocycles. The molecule has 0 aromatic heterocycles. The maximum absolute atomic E-state index is 4.54. The van der Waals surface area contributed by atoms with Gasteiger partial charge in [0.1, 0.15) is 0 Å². The number of hydrogen-bond acceptors (Lipinski definition) is 2. The van der Waals surface area contributed by atoms with Gasteiger partial charge in [-0.3, -0.25) is 9.89 Å². The molecule has 2 fully saturated rings. The van der Waals surface area contributed by atoms with Gasteiger partial charge in [-0.1, -0.05) is 42.5 Å². The summed E-state index contributed by atoms with van der Waals surface area (Å²) in [5.74, 6) is 1.73. The van der Waals surface area contributed by atoms with Gasteiger partial charge >= 0.3 is 0 Å². The molecule has 3 unspecified atom stereocenters. The van der Waals surface area contributed by atoms with Crippen molar-refractivity contribution in [2.45, 2.75) is 30.8 Å². The van der Waals surface area contributed by atoms with E-state index in [9.17, 15) is 0 Å². The number of aliphatic imine (C=N–C) groups is 1. The molecule has 1 aromatic carbocycles. The summed E-state index contributed by atoms with van der Waals surface area (Å²) in [6, 6.07) is 12.0. The van der Waals surface area contributed by atoms with Crippen LogP contribution in [0.15, 0.2) is 47.5 Å². The van der Waals surface area contributed by atoms with E-state index in [1.165, 1.54) is 18.4 Å². The Morgan fingerprint density at radius 2 is 1.96 bits per heavy atom. The minimum Gasteiger partial charge on any atom is -0.353 e. The first-order valence-corrected chi connectivity index (χ1v) is 8.77. The summed E-state index contributed by atoms with van der Waals surface area (Å²) in [6.07, 6.45) is 7.03. The highest BCUT2D eigenvalue weighted by atomic mass is 15.3. The zero-order valence-corrected chi connectivity index (χ0v) is 13.9. The van der Waals surface area contributed by atoms with E-state index < -0.39 is 0 Å². The maximum Gasteiger partial charge on any atom is 0.193 e.